The van der Waals surface area contributed by atoms with E-state index in [4.69, 9.17) is 0 Å². The van der Waals surface area contributed by atoms with Gasteiger partial charge in [-0.05, 0) is 44.4 Å². The highest BCUT2D eigenvalue weighted by atomic mass is 19.1. The highest BCUT2D eigenvalue weighted by molar-refractivity contribution is 5.94. The molecule has 1 fully saturated rings. The van der Waals surface area contributed by atoms with Gasteiger partial charge in [0.05, 0.1) is 0 Å². The van der Waals surface area contributed by atoms with E-state index < -0.39 is 0 Å². The third kappa shape index (κ3) is 5.20. The summed E-state index contributed by atoms with van der Waals surface area (Å²) in [5, 5.41) is 5.44. The number of ether oxygens (including phenoxy) is 1. The van der Waals surface area contributed by atoms with E-state index in [9.17, 15) is 9.18 Å². The molecule has 2 aromatic carbocycles. The molecule has 4 nitrogen and oxygen atoms in total. The van der Waals surface area contributed by atoms with Crippen molar-refractivity contribution in [2.45, 2.75) is 26.4 Å². The van der Waals surface area contributed by atoms with Gasteiger partial charge in [0.2, 0.25) is 0 Å². The summed E-state index contributed by atoms with van der Waals surface area (Å²) in [6, 6.07) is 11.1. The zero-order valence-corrected chi connectivity index (χ0v) is 14.5. The third-order valence-corrected chi connectivity index (χ3v) is 3.68. The molecule has 5 heteroatoms. The zero-order chi connectivity index (χ0) is 17.6. The van der Waals surface area contributed by atoms with E-state index in [-0.39, 0.29) is 11.4 Å². The van der Waals surface area contributed by atoms with Crippen LogP contribution in [-0.4, -0.2) is 38.3 Å². The van der Waals surface area contributed by atoms with Crippen LogP contribution >= 0.6 is 0 Å². The van der Waals surface area contributed by atoms with E-state index in [2.05, 4.69) is 21.0 Å². The average Bonchev–Trinajstić information content (AvgIpc) is 2.54. The molecule has 1 saturated heterocycles. The van der Waals surface area contributed by atoms with Gasteiger partial charge in [-0.1, -0.05) is 18.2 Å². The smallest absolute Gasteiger partial charge is 0.293 e. The number of rotatable bonds is 2. The zero-order valence-electron chi connectivity index (χ0n) is 14.5. The molecule has 0 atom stereocenters. The average molecular weight is 332 g/mol. The number of fused-ring (bicyclic) bond motifs is 1. The van der Waals surface area contributed by atoms with E-state index >= 15 is 0 Å². The van der Waals surface area contributed by atoms with E-state index in [1.54, 1.807) is 6.07 Å². The third-order valence-electron chi connectivity index (χ3n) is 3.68. The minimum absolute atomic E-state index is 0.167. The van der Waals surface area contributed by atoms with Gasteiger partial charge in [-0.15, -0.1) is 0 Å². The van der Waals surface area contributed by atoms with Crippen LogP contribution in [0.1, 0.15) is 20.8 Å². The Balaban J connectivity index is 0.000000256. The van der Waals surface area contributed by atoms with Gasteiger partial charge in [0.1, 0.15) is 11.4 Å². The molecular formula is C19H25FN2O2. The van der Waals surface area contributed by atoms with Gasteiger partial charge in [-0.25, -0.2) is 4.39 Å². The Labute approximate surface area is 142 Å². The normalized spacial score (nSPS) is 14.8. The number of piperazine rings is 1. The molecule has 1 aliphatic heterocycles. The Bertz CT molecular complexity index is 677. The van der Waals surface area contributed by atoms with Crippen LogP contribution in [0.15, 0.2) is 36.4 Å². The van der Waals surface area contributed by atoms with Crippen molar-refractivity contribution < 1.29 is 13.9 Å². The number of nitrogens with zero attached hydrogens (tertiary/aromatic N) is 1. The lowest BCUT2D eigenvalue weighted by molar-refractivity contribution is -0.138. The molecule has 2 aromatic rings. The predicted molar refractivity (Wildman–Crippen MR) is 95.9 cm³/mol. The molecule has 1 N–H and O–H groups in total. The van der Waals surface area contributed by atoms with Crippen LogP contribution in [0, 0.1) is 5.82 Å². The molecule has 0 spiro atoms. The van der Waals surface area contributed by atoms with Gasteiger partial charge in [0.15, 0.2) is 0 Å². The van der Waals surface area contributed by atoms with Gasteiger partial charge in [0, 0.05) is 37.3 Å². The van der Waals surface area contributed by atoms with Crippen LogP contribution in [0.5, 0.6) is 0 Å². The summed E-state index contributed by atoms with van der Waals surface area (Å²) in [6.07, 6.45) is 0. The first-order valence-electron chi connectivity index (χ1n) is 8.16. The quantitative estimate of drug-likeness (QED) is 0.857. The van der Waals surface area contributed by atoms with Crippen molar-refractivity contribution in [2.24, 2.45) is 0 Å². The lowest BCUT2D eigenvalue weighted by Gasteiger charge is -2.30. The number of hydrogen-bond acceptors (Lipinski definition) is 4. The maximum Gasteiger partial charge on any atom is 0.293 e. The number of anilines is 1. The number of nitrogens with one attached hydrogen (secondary N) is 1. The first kappa shape index (κ1) is 18.2. The highest BCUT2D eigenvalue weighted by Gasteiger charge is 2.13. The number of carbonyl (C=O) groups excluding carboxylic acids is 1. The summed E-state index contributed by atoms with van der Waals surface area (Å²) in [6.45, 7) is 9.87. The summed E-state index contributed by atoms with van der Waals surface area (Å²) >= 11 is 0. The van der Waals surface area contributed by atoms with Gasteiger partial charge in [0.25, 0.3) is 6.47 Å². The SMILES string of the molecule is CC(C)(C)OC=O.Fc1ccc2cccc(N3CCNCC3)c2c1. The van der Waals surface area contributed by atoms with E-state index in [0.29, 0.717) is 6.47 Å². The molecule has 0 radical (unpaired) electrons. The largest absolute Gasteiger partial charge is 0.462 e. The van der Waals surface area contributed by atoms with E-state index in [1.807, 2.05) is 39.0 Å². The molecule has 24 heavy (non-hydrogen) atoms. The molecular weight excluding hydrogens is 307 g/mol. The minimum Gasteiger partial charge on any atom is -0.462 e. The van der Waals surface area contributed by atoms with Crippen LogP contribution in [0.2, 0.25) is 0 Å². The molecule has 130 valence electrons. The molecule has 0 amide bonds. The lowest BCUT2D eigenvalue weighted by Crippen LogP contribution is -2.43. The van der Waals surface area contributed by atoms with Crippen LogP contribution in [0.3, 0.4) is 0 Å². The van der Waals surface area contributed by atoms with Crippen LogP contribution in [0.25, 0.3) is 10.8 Å². The Kier molecular flexibility index (Phi) is 6.15. The Morgan fingerprint density at radius 3 is 2.46 bits per heavy atom. The van der Waals surface area contributed by atoms with Gasteiger partial charge in [-0.3, -0.25) is 4.79 Å². The van der Waals surface area contributed by atoms with Gasteiger partial charge < -0.3 is 15.0 Å². The fourth-order valence-corrected chi connectivity index (χ4v) is 2.55. The monoisotopic (exact) mass is 332 g/mol. The Morgan fingerprint density at radius 2 is 1.88 bits per heavy atom. The fraction of sp³-hybridized carbons (Fsp3) is 0.421. The maximum atomic E-state index is 13.4. The molecule has 0 aliphatic carbocycles. The summed E-state index contributed by atoms with van der Waals surface area (Å²) in [5.74, 6) is -0.167. The van der Waals surface area contributed by atoms with Crippen LogP contribution in [-0.2, 0) is 9.53 Å². The molecule has 3 rings (SSSR count). The van der Waals surface area contributed by atoms with E-state index in [1.165, 1.54) is 6.07 Å². The second-order valence-electron chi connectivity index (χ2n) is 6.71. The van der Waals surface area contributed by atoms with Crippen molar-refractivity contribution in [1.82, 2.24) is 5.32 Å². The number of carbonyl (C=O) groups is 1. The second-order valence-corrected chi connectivity index (χ2v) is 6.71. The van der Waals surface area contributed by atoms with Gasteiger partial charge >= 0.3 is 0 Å². The van der Waals surface area contributed by atoms with Crippen molar-refractivity contribution in [3.05, 3.63) is 42.2 Å². The lowest BCUT2D eigenvalue weighted by atomic mass is 10.1. The Hall–Kier alpha value is -2.14. The molecule has 0 bridgehead atoms. The van der Waals surface area contributed by atoms with Crippen LogP contribution in [0.4, 0.5) is 10.1 Å². The standard InChI is InChI=1S/C14H15FN2.C5H10O2/c15-12-5-4-11-2-1-3-14(13(11)10-12)17-8-6-16-7-9-17;1-5(2,3)7-4-6/h1-5,10,16H,6-9H2;4H,1-3H3. The first-order chi connectivity index (χ1) is 11.4. The van der Waals surface area contributed by atoms with Crippen molar-refractivity contribution in [3.8, 4) is 0 Å². The molecule has 0 aromatic heterocycles. The summed E-state index contributed by atoms with van der Waals surface area (Å²) in [4.78, 5) is 11.9. The molecule has 1 heterocycles. The second kappa shape index (κ2) is 8.11. The van der Waals surface area contributed by atoms with Crippen molar-refractivity contribution in [3.63, 3.8) is 0 Å². The maximum absolute atomic E-state index is 13.4. The fourth-order valence-electron chi connectivity index (χ4n) is 2.55. The van der Waals surface area contributed by atoms with Crippen molar-refractivity contribution in [2.75, 3.05) is 31.1 Å². The van der Waals surface area contributed by atoms with E-state index in [0.717, 1.165) is 42.6 Å². The molecule has 0 unspecified atom stereocenters. The number of benzene rings is 2. The topological polar surface area (TPSA) is 41.6 Å². The molecule has 1 aliphatic rings. The summed E-state index contributed by atoms with van der Waals surface area (Å²) in [7, 11) is 0. The molecule has 0 saturated carbocycles. The van der Waals surface area contributed by atoms with Gasteiger partial charge in [-0.2, -0.15) is 0 Å². The first-order valence-corrected chi connectivity index (χ1v) is 8.16. The number of hydrogen-bond donors (Lipinski definition) is 1. The predicted octanol–water partition coefficient (Wildman–Crippen LogP) is 3.35. The summed E-state index contributed by atoms with van der Waals surface area (Å²) in [5.41, 5.74) is 0.824. The van der Waals surface area contributed by atoms with Crippen LogP contribution < -0.4 is 10.2 Å². The highest BCUT2D eigenvalue weighted by Crippen LogP contribution is 2.27. The minimum atomic E-state index is -0.318. The van der Waals surface area contributed by atoms with Crippen molar-refractivity contribution in [1.29, 1.82) is 0 Å². The Morgan fingerprint density at radius 1 is 1.17 bits per heavy atom. The summed E-state index contributed by atoms with van der Waals surface area (Å²) < 4.78 is 17.9. The number of halogens is 1. The van der Waals surface area contributed by atoms with Crippen molar-refractivity contribution >= 4 is 22.9 Å².